The van der Waals surface area contributed by atoms with E-state index in [-0.39, 0.29) is 11.5 Å². The highest BCUT2D eigenvalue weighted by atomic mass is 32.1. The van der Waals surface area contributed by atoms with Crippen LogP contribution in [-0.4, -0.2) is 20.5 Å². The lowest BCUT2D eigenvalue weighted by atomic mass is 10.1. The fourth-order valence-electron chi connectivity index (χ4n) is 2.33. The Bertz CT molecular complexity index is 913. The van der Waals surface area contributed by atoms with Crippen LogP contribution in [0.3, 0.4) is 0 Å². The van der Waals surface area contributed by atoms with Crippen LogP contribution in [0.5, 0.6) is 0 Å². The van der Waals surface area contributed by atoms with Crippen molar-refractivity contribution in [2.75, 3.05) is 5.32 Å². The maximum atomic E-state index is 12.2. The second-order valence-corrected chi connectivity index (χ2v) is 5.67. The monoisotopic (exact) mass is 314 g/mol. The molecule has 22 heavy (non-hydrogen) atoms. The topological polar surface area (TPSA) is 87.7 Å². The standard InChI is InChI=1S/C15H14N4O2S/c1-3-9-6-13(20)17-12-7-10(4-5-11(9)12)16-15(21)14-8(2)18-19-22-14/h4-7H,3H2,1-2H3,(H,16,21)(H,17,20). The van der Waals surface area contributed by atoms with Gasteiger partial charge in [0.25, 0.3) is 5.91 Å². The van der Waals surface area contributed by atoms with Gasteiger partial charge in [0.15, 0.2) is 0 Å². The summed E-state index contributed by atoms with van der Waals surface area (Å²) in [7, 11) is 0. The number of carbonyl (C=O) groups is 1. The molecule has 0 aliphatic rings. The lowest BCUT2D eigenvalue weighted by Gasteiger charge is -2.08. The molecule has 0 spiro atoms. The molecule has 0 aliphatic carbocycles. The van der Waals surface area contributed by atoms with E-state index >= 15 is 0 Å². The predicted octanol–water partition coefficient (Wildman–Crippen LogP) is 2.50. The van der Waals surface area contributed by atoms with Gasteiger partial charge in [-0.3, -0.25) is 9.59 Å². The molecule has 0 bridgehead atoms. The van der Waals surface area contributed by atoms with Crippen LogP contribution in [0.15, 0.2) is 29.1 Å². The van der Waals surface area contributed by atoms with Crippen molar-refractivity contribution in [3.05, 3.63) is 50.8 Å². The minimum Gasteiger partial charge on any atom is -0.322 e. The molecular weight excluding hydrogens is 300 g/mol. The first-order valence-corrected chi connectivity index (χ1v) is 7.62. The quantitative estimate of drug-likeness (QED) is 0.777. The molecular formula is C15H14N4O2S. The van der Waals surface area contributed by atoms with Crippen molar-refractivity contribution in [3.8, 4) is 0 Å². The number of aryl methyl sites for hydroxylation is 2. The van der Waals surface area contributed by atoms with Gasteiger partial charge >= 0.3 is 0 Å². The summed E-state index contributed by atoms with van der Waals surface area (Å²) in [6, 6.07) is 7.09. The van der Waals surface area contributed by atoms with Gasteiger partial charge in [0.1, 0.15) is 4.88 Å². The minimum absolute atomic E-state index is 0.143. The van der Waals surface area contributed by atoms with E-state index in [1.54, 1.807) is 19.1 Å². The molecule has 2 heterocycles. The van der Waals surface area contributed by atoms with Crippen LogP contribution in [0.25, 0.3) is 10.9 Å². The molecule has 2 aromatic heterocycles. The van der Waals surface area contributed by atoms with Crippen LogP contribution in [-0.2, 0) is 6.42 Å². The molecule has 112 valence electrons. The zero-order chi connectivity index (χ0) is 15.7. The van der Waals surface area contributed by atoms with E-state index in [0.29, 0.717) is 21.8 Å². The summed E-state index contributed by atoms with van der Waals surface area (Å²) in [5.74, 6) is -0.249. The molecule has 0 saturated heterocycles. The number of aromatic amines is 1. The Balaban J connectivity index is 1.97. The van der Waals surface area contributed by atoms with Gasteiger partial charge in [-0.25, -0.2) is 0 Å². The Hall–Kier alpha value is -2.54. The third kappa shape index (κ3) is 2.62. The number of aromatic nitrogens is 3. The fourth-order valence-corrected chi connectivity index (χ4v) is 2.88. The molecule has 3 aromatic rings. The van der Waals surface area contributed by atoms with Crippen LogP contribution < -0.4 is 10.9 Å². The highest BCUT2D eigenvalue weighted by Gasteiger charge is 2.13. The summed E-state index contributed by atoms with van der Waals surface area (Å²) in [5, 5.41) is 7.61. The number of hydrogen-bond donors (Lipinski definition) is 2. The molecule has 7 heteroatoms. The average Bonchev–Trinajstić information content (AvgIpc) is 2.92. The zero-order valence-electron chi connectivity index (χ0n) is 12.1. The Morgan fingerprint density at radius 1 is 1.36 bits per heavy atom. The van der Waals surface area contributed by atoms with E-state index in [4.69, 9.17) is 0 Å². The van der Waals surface area contributed by atoms with E-state index in [0.717, 1.165) is 28.9 Å². The molecule has 0 saturated carbocycles. The predicted molar refractivity (Wildman–Crippen MR) is 86.5 cm³/mol. The van der Waals surface area contributed by atoms with Gasteiger partial charge in [-0.2, -0.15) is 0 Å². The molecule has 6 nitrogen and oxygen atoms in total. The zero-order valence-corrected chi connectivity index (χ0v) is 13.0. The average molecular weight is 314 g/mol. The van der Waals surface area contributed by atoms with Crippen LogP contribution >= 0.6 is 11.5 Å². The fraction of sp³-hybridized carbons (Fsp3) is 0.200. The molecule has 0 radical (unpaired) electrons. The summed E-state index contributed by atoms with van der Waals surface area (Å²) in [4.78, 5) is 27.1. The first-order chi connectivity index (χ1) is 10.6. The maximum absolute atomic E-state index is 12.2. The van der Waals surface area contributed by atoms with Crippen LogP contribution in [0.1, 0.15) is 27.9 Å². The van der Waals surface area contributed by atoms with Crippen LogP contribution in [0.2, 0.25) is 0 Å². The third-order valence-corrected chi connectivity index (χ3v) is 4.25. The van der Waals surface area contributed by atoms with Gasteiger partial charge in [0.05, 0.1) is 11.2 Å². The number of rotatable bonds is 3. The molecule has 2 N–H and O–H groups in total. The smallest absolute Gasteiger partial charge is 0.269 e. The highest BCUT2D eigenvalue weighted by molar-refractivity contribution is 7.08. The number of anilines is 1. The number of amides is 1. The SMILES string of the molecule is CCc1cc(=O)[nH]c2cc(NC(=O)c3snnc3C)ccc12. The molecule has 0 unspecified atom stereocenters. The number of benzene rings is 1. The first-order valence-electron chi connectivity index (χ1n) is 6.84. The Morgan fingerprint density at radius 3 is 2.86 bits per heavy atom. The van der Waals surface area contributed by atoms with Gasteiger partial charge in [-0.05, 0) is 42.6 Å². The molecule has 0 fully saturated rings. The van der Waals surface area contributed by atoms with Crippen molar-refractivity contribution in [1.29, 1.82) is 0 Å². The first kappa shape index (κ1) is 14.4. The number of hydrogen-bond acceptors (Lipinski definition) is 5. The van der Waals surface area contributed by atoms with E-state index < -0.39 is 0 Å². The minimum atomic E-state index is -0.249. The molecule has 0 atom stereocenters. The summed E-state index contributed by atoms with van der Waals surface area (Å²) in [5.41, 5.74) is 2.77. The van der Waals surface area contributed by atoms with Gasteiger partial charge in [0, 0.05) is 17.1 Å². The number of H-pyrrole nitrogens is 1. The van der Waals surface area contributed by atoms with E-state index in [2.05, 4.69) is 19.9 Å². The van der Waals surface area contributed by atoms with Crippen molar-refractivity contribution in [3.63, 3.8) is 0 Å². The summed E-state index contributed by atoms with van der Waals surface area (Å²) in [6.45, 7) is 3.74. The second-order valence-electron chi connectivity index (χ2n) is 4.91. The largest absolute Gasteiger partial charge is 0.322 e. The second kappa shape index (κ2) is 5.69. The molecule has 3 rings (SSSR count). The number of carbonyl (C=O) groups excluding carboxylic acids is 1. The Labute approximate surface area is 130 Å². The van der Waals surface area contributed by atoms with E-state index in [1.165, 1.54) is 0 Å². The van der Waals surface area contributed by atoms with Gasteiger partial charge in [-0.1, -0.05) is 17.5 Å². The van der Waals surface area contributed by atoms with Crippen LogP contribution in [0, 0.1) is 6.92 Å². The van der Waals surface area contributed by atoms with Crippen molar-refractivity contribution in [2.24, 2.45) is 0 Å². The lowest BCUT2D eigenvalue weighted by Crippen LogP contribution is -2.12. The molecule has 1 aromatic carbocycles. The number of nitrogens with zero attached hydrogens (tertiary/aromatic N) is 2. The maximum Gasteiger partial charge on any atom is 0.269 e. The van der Waals surface area contributed by atoms with Gasteiger partial charge in [-0.15, -0.1) is 5.10 Å². The summed E-state index contributed by atoms with van der Waals surface area (Å²) < 4.78 is 3.75. The summed E-state index contributed by atoms with van der Waals surface area (Å²) in [6.07, 6.45) is 0.776. The molecule has 0 aliphatic heterocycles. The molecule has 1 amide bonds. The van der Waals surface area contributed by atoms with Gasteiger partial charge < -0.3 is 10.3 Å². The van der Waals surface area contributed by atoms with E-state index in [9.17, 15) is 9.59 Å². The third-order valence-electron chi connectivity index (χ3n) is 3.43. The normalized spacial score (nSPS) is 10.8. The Morgan fingerprint density at radius 2 is 2.18 bits per heavy atom. The Kier molecular flexibility index (Phi) is 3.72. The highest BCUT2D eigenvalue weighted by Crippen LogP contribution is 2.21. The van der Waals surface area contributed by atoms with Crippen molar-refractivity contribution in [1.82, 2.24) is 14.6 Å². The lowest BCUT2D eigenvalue weighted by molar-refractivity contribution is 0.103. The van der Waals surface area contributed by atoms with Crippen molar-refractivity contribution >= 4 is 34.0 Å². The number of pyridine rings is 1. The van der Waals surface area contributed by atoms with E-state index in [1.807, 2.05) is 19.1 Å². The number of nitrogens with one attached hydrogen (secondary N) is 2. The van der Waals surface area contributed by atoms with Crippen LogP contribution in [0.4, 0.5) is 5.69 Å². The van der Waals surface area contributed by atoms with Crippen molar-refractivity contribution < 1.29 is 4.79 Å². The van der Waals surface area contributed by atoms with Crippen molar-refractivity contribution in [2.45, 2.75) is 20.3 Å². The van der Waals surface area contributed by atoms with Gasteiger partial charge in [0.2, 0.25) is 5.56 Å². The summed E-state index contributed by atoms with van der Waals surface area (Å²) >= 11 is 1.06. The number of fused-ring (bicyclic) bond motifs is 1.